The molecule has 0 bridgehead atoms. The summed E-state index contributed by atoms with van der Waals surface area (Å²) < 4.78 is 67.8. The molecule has 1 aromatic carbocycles. The number of rotatable bonds is 5. The van der Waals surface area contributed by atoms with Crippen molar-refractivity contribution >= 4 is 23.5 Å². The molecule has 2 atom stereocenters. The molecule has 6 nitrogen and oxygen atoms in total. The third-order valence-corrected chi connectivity index (χ3v) is 4.49. The molecular formula is C17H12ClF5N4O2. The number of nitrogens with one attached hydrogen (secondary N) is 3. The minimum atomic E-state index is -3.27. The largest absolute Gasteiger partial charge is 0.342 e. The van der Waals surface area contributed by atoms with Gasteiger partial charge in [-0.05, 0) is 18.2 Å². The van der Waals surface area contributed by atoms with E-state index in [1.54, 1.807) is 0 Å². The lowest BCUT2D eigenvalue weighted by Crippen LogP contribution is -2.44. The number of hydrogen-bond donors (Lipinski definition) is 3. The lowest BCUT2D eigenvalue weighted by molar-refractivity contribution is -0.123. The first-order valence-corrected chi connectivity index (χ1v) is 8.49. The number of amides is 3. The van der Waals surface area contributed by atoms with E-state index in [1.807, 2.05) is 0 Å². The van der Waals surface area contributed by atoms with E-state index < -0.39 is 58.6 Å². The Morgan fingerprint density at radius 2 is 1.86 bits per heavy atom. The third-order valence-electron chi connectivity index (χ3n) is 4.15. The van der Waals surface area contributed by atoms with Crippen LogP contribution in [0.1, 0.15) is 29.4 Å². The zero-order chi connectivity index (χ0) is 21.3. The van der Waals surface area contributed by atoms with Gasteiger partial charge in [0.05, 0.1) is 11.7 Å². The van der Waals surface area contributed by atoms with Crippen molar-refractivity contribution < 1.29 is 31.5 Å². The monoisotopic (exact) mass is 434 g/mol. The fourth-order valence-corrected chi connectivity index (χ4v) is 2.89. The van der Waals surface area contributed by atoms with Gasteiger partial charge in [-0.2, -0.15) is 0 Å². The number of aromatic nitrogens is 1. The smallest absolute Gasteiger partial charge is 0.315 e. The van der Waals surface area contributed by atoms with Crippen molar-refractivity contribution in [2.45, 2.75) is 18.5 Å². The van der Waals surface area contributed by atoms with Crippen LogP contribution >= 0.6 is 11.6 Å². The summed E-state index contributed by atoms with van der Waals surface area (Å²) in [5.41, 5.74) is -1.93. The van der Waals surface area contributed by atoms with Crippen molar-refractivity contribution in [2.75, 3.05) is 6.54 Å². The summed E-state index contributed by atoms with van der Waals surface area (Å²) in [4.78, 5) is 27.2. The van der Waals surface area contributed by atoms with Crippen LogP contribution in [-0.2, 0) is 4.79 Å². The van der Waals surface area contributed by atoms with Crippen molar-refractivity contribution in [3.8, 4) is 0 Å². The average Bonchev–Trinajstić information content (AvgIpc) is 3.11. The lowest BCUT2D eigenvalue weighted by atomic mass is 10.0. The fourth-order valence-electron chi connectivity index (χ4n) is 2.72. The molecule has 2 heterocycles. The summed E-state index contributed by atoms with van der Waals surface area (Å²) in [5.74, 6) is -4.43. The van der Waals surface area contributed by atoms with E-state index in [4.69, 9.17) is 11.6 Å². The Kier molecular flexibility index (Phi) is 5.87. The van der Waals surface area contributed by atoms with Crippen LogP contribution in [0.3, 0.4) is 0 Å². The summed E-state index contributed by atoms with van der Waals surface area (Å²) in [7, 11) is 0. The van der Waals surface area contributed by atoms with Crippen LogP contribution in [0, 0.1) is 17.5 Å². The van der Waals surface area contributed by atoms with Crippen LogP contribution in [0.2, 0.25) is 5.02 Å². The SMILES string of the molecule is O=C1NC[C@@H](C(=O)N[C@@H](c2ccc(F)c(C(F)F)n2)c2ccc(F)c(Cl)c2F)N1. The molecule has 1 aliphatic rings. The molecule has 0 unspecified atom stereocenters. The highest BCUT2D eigenvalue weighted by molar-refractivity contribution is 6.31. The molecule has 0 radical (unpaired) electrons. The van der Waals surface area contributed by atoms with Gasteiger partial charge < -0.3 is 16.0 Å². The van der Waals surface area contributed by atoms with Gasteiger partial charge in [-0.25, -0.2) is 31.7 Å². The predicted molar refractivity (Wildman–Crippen MR) is 90.8 cm³/mol. The Bertz CT molecular complexity index is 975. The zero-order valence-electron chi connectivity index (χ0n) is 14.3. The summed E-state index contributed by atoms with van der Waals surface area (Å²) in [6, 6.07) is 0.239. The first kappa shape index (κ1) is 20.8. The Morgan fingerprint density at radius 3 is 2.48 bits per heavy atom. The molecule has 1 fully saturated rings. The minimum absolute atomic E-state index is 0.0802. The fraction of sp³-hybridized carbons (Fsp3) is 0.235. The molecule has 2 aromatic rings. The standard InChI is InChI=1S/C17H12ClF5N4O2/c18-11-7(19)2-1-6(12(11)21)13(27-16(28)10-5-24-17(29)26-10)9-4-3-8(20)14(25-9)15(22)23/h1-4,10,13,15H,5H2,(H,27,28)(H2,24,26,29)/t10-,13+/m0/s1. The van der Waals surface area contributed by atoms with Gasteiger partial charge >= 0.3 is 6.03 Å². The molecular weight excluding hydrogens is 423 g/mol. The normalized spacial score (nSPS) is 17.1. The first-order valence-electron chi connectivity index (χ1n) is 8.11. The van der Waals surface area contributed by atoms with E-state index in [2.05, 4.69) is 20.9 Å². The van der Waals surface area contributed by atoms with Gasteiger partial charge in [-0.15, -0.1) is 0 Å². The maximum atomic E-state index is 14.6. The van der Waals surface area contributed by atoms with E-state index in [9.17, 15) is 31.5 Å². The Hall–Kier alpha value is -2.95. The molecule has 1 aliphatic heterocycles. The second-order valence-corrected chi connectivity index (χ2v) is 6.39. The number of halogens is 6. The molecule has 1 saturated heterocycles. The molecule has 3 amide bonds. The highest BCUT2D eigenvalue weighted by Gasteiger charge is 2.32. The summed E-state index contributed by atoms with van der Waals surface area (Å²) in [6.07, 6.45) is -3.27. The molecule has 0 saturated carbocycles. The van der Waals surface area contributed by atoms with E-state index in [-0.39, 0.29) is 17.8 Å². The Labute approximate surface area is 165 Å². The Morgan fingerprint density at radius 1 is 1.17 bits per heavy atom. The second-order valence-electron chi connectivity index (χ2n) is 6.02. The number of urea groups is 1. The van der Waals surface area contributed by atoms with Crippen LogP contribution in [0.15, 0.2) is 24.3 Å². The van der Waals surface area contributed by atoms with Crippen molar-refractivity contribution in [3.63, 3.8) is 0 Å². The van der Waals surface area contributed by atoms with Crippen molar-refractivity contribution in [1.29, 1.82) is 0 Å². The molecule has 1 aromatic heterocycles. The van der Waals surface area contributed by atoms with Gasteiger partial charge in [0.1, 0.15) is 28.4 Å². The highest BCUT2D eigenvalue weighted by Crippen LogP contribution is 2.31. The van der Waals surface area contributed by atoms with E-state index in [1.165, 1.54) is 0 Å². The average molecular weight is 435 g/mol. The third kappa shape index (κ3) is 4.24. The number of benzene rings is 1. The van der Waals surface area contributed by atoms with Crippen molar-refractivity contribution in [1.82, 2.24) is 20.9 Å². The molecule has 3 rings (SSSR count). The van der Waals surface area contributed by atoms with Crippen LogP contribution in [0.4, 0.5) is 26.7 Å². The van der Waals surface area contributed by atoms with Crippen molar-refractivity contribution in [3.05, 3.63) is 63.7 Å². The Balaban J connectivity index is 2.05. The summed E-state index contributed by atoms with van der Waals surface area (Å²) in [5, 5.41) is 6.10. The zero-order valence-corrected chi connectivity index (χ0v) is 15.0. The van der Waals surface area contributed by atoms with Crippen LogP contribution in [0.25, 0.3) is 0 Å². The van der Waals surface area contributed by atoms with E-state index in [0.29, 0.717) is 6.07 Å². The minimum Gasteiger partial charge on any atom is -0.342 e. The van der Waals surface area contributed by atoms with Gasteiger partial charge in [0.2, 0.25) is 5.91 Å². The van der Waals surface area contributed by atoms with Gasteiger partial charge in [-0.1, -0.05) is 17.7 Å². The molecule has 29 heavy (non-hydrogen) atoms. The number of carbonyl (C=O) groups is 2. The molecule has 3 N–H and O–H groups in total. The number of carbonyl (C=O) groups excluding carboxylic acids is 2. The number of nitrogens with zero attached hydrogens (tertiary/aromatic N) is 1. The van der Waals surface area contributed by atoms with Crippen LogP contribution in [0.5, 0.6) is 0 Å². The van der Waals surface area contributed by atoms with Gasteiger partial charge in [-0.3, -0.25) is 4.79 Å². The van der Waals surface area contributed by atoms with E-state index in [0.717, 1.165) is 18.2 Å². The number of hydrogen-bond acceptors (Lipinski definition) is 3. The molecule has 154 valence electrons. The number of pyridine rings is 1. The predicted octanol–water partition coefficient (Wildman–Crippen LogP) is 2.98. The molecule has 12 heteroatoms. The second kappa shape index (κ2) is 8.19. The van der Waals surface area contributed by atoms with Crippen molar-refractivity contribution in [2.24, 2.45) is 0 Å². The molecule has 0 aliphatic carbocycles. The summed E-state index contributed by atoms with van der Waals surface area (Å²) >= 11 is 5.57. The first-order chi connectivity index (χ1) is 13.7. The number of alkyl halides is 2. The van der Waals surface area contributed by atoms with Crippen LogP contribution in [-0.4, -0.2) is 29.5 Å². The van der Waals surface area contributed by atoms with E-state index >= 15 is 0 Å². The quantitative estimate of drug-likeness (QED) is 0.500. The van der Waals surface area contributed by atoms with Gasteiger partial charge in [0.25, 0.3) is 6.43 Å². The topological polar surface area (TPSA) is 83.1 Å². The molecule has 0 spiro atoms. The highest BCUT2D eigenvalue weighted by atomic mass is 35.5. The maximum Gasteiger partial charge on any atom is 0.315 e. The lowest BCUT2D eigenvalue weighted by Gasteiger charge is -2.22. The van der Waals surface area contributed by atoms with Crippen LogP contribution < -0.4 is 16.0 Å². The van der Waals surface area contributed by atoms with Gasteiger partial charge in [0, 0.05) is 12.1 Å². The maximum absolute atomic E-state index is 14.6. The van der Waals surface area contributed by atoms with Gasteiger partial charge in [0.15, 0.2) is 5.82 Å². The summed E-state index contributed by atoms with van der Waals surface area (Å²) in [6.45, 7) is -0.0802.